The number of aromatic amines is 1. The number of amides is 2. The molecule has 2 aromatic carbocycles. The number of nitrogens with zero attached hydrogens (tertiary/aromatic N) is 1. The molecule has 0 saturated heterocycles. The van der Waals surface area contributed by atoms with Crippen molar-refractivity contribution in [3.05, 3.63) is 77.9 Å². The zero-order valence-electron chi connectivity index (χ0n) is 19.1. The van der Waals surface area contributed by atoms with E-state index in [2.05, 4.69) is 20.6 Å². The lowest BCUT2D eigenvalue weighted by Gasteiger charge is -2.20. The van der Waals surface area contributed by atoms with Crippen LogP contribution in [0, 0.1) is 0 Å². The number of fused-ring (bicyclic) bond motifs is 3. The van der Waals surface area contributed by atoms with E-state index < -0.39 is 30.1 Å². The Bertz CT molecular complexity index is 1150. The first-order valence-electron chi connectivity index (χ1n) is 11.1. The highest BCUT2D eigenvalue weighted by Gasteiger charge is 2.30. The van der Waals surface area contributed by atoms with Crippen LogP contribution in [-0.2, 0) is 25.5 Å². The van der Waals surface area contributed by atoms with Gasteiger partial charge in [-0.25, -0.2) is 14.6 Å². The van der Waals surface area contributed by atoms with Gasteiger partial charge in [0.05, 0.1) is 12.9 Å². The molecule has 0 radical (unpaired) electrons. The average Bonchev–Trinajstić information content (AvgIpc) is 3.48. The molecule has 0 saturated carbocycles. The first-order valence-corrected chi connectivity index (χ1v) is 11.1. The Labute approximate surface area is 201 Å². The van der Waals surface area contributed by atoms with Crippen LogP contribution in [0.4, 0.5) is 4.79 Å². The molecule has 0 aliphatic heterocycles. The van der Waals surface area contributed by atoms with Crippen LogP contribution in [0.15, 0.2) is 61.1 Å². The summed E-state index contributed by atoms with van der Waals surface area (Å²) in [6.07, 6.45) is 1.13. The molecule has 10 heteroatoms. The van der Waals surface area contributed by atoms with Gasteiger partial charge < -0.3 is 30.2 Å². The Hall–Kier alpha value is -4.18. The number of hydrogen-bond acceptors (Lipinski definition) is 6. The van der Waals surface area contributed by atoms with Crippen molar-refractivity contribution >= 4 is 18.0 Å². The summed E-state index contributed by atoms with van der Waals surface area (Å²) in [5.74, 6) is -1.96. The molecule has 182 valence electrons. The Balaban J connectivity index is 1.30. The van der Waals surface area contributed by atoms with Gasteiger partial charge in [-0.1, -0.05) is 48.5 Å². The summed E-state index contributed by atoms with van der Waals surface area (Å²) in [6.45, 7) is -0.0512. The Morgan fingerprint density at radius 2 is 1.74 bits per heavy atom. The van der Waals surface area contributed by atoms with Gasteiger partial charge >= 0.3 is 12.1 Å². The quantitative estimate of drug-likeness (QED) is 0.349. The van der Waals surface area contributed by atoms with Gasteiger partial charge in [0.1, 0.15) is 12.6 Å². The maximum atomic E-state index is 12.6. The number of carbonyl (C=O) groups is 3. The van der Waals surface area contributed by atoms with Crippen LogP contribution in [0.2, 0.25) is 0 Å². The molecule has 2 amide bonds. The van der Waals surface area contributed by atoms with Crippen molar-refractivity contribution in [2.45, 2.75) is 24.5 Å². The molecular weight excluding hydrogens is 452 g/mol. The summed E-state index contributed by atoms with van der Waals surface area (Å²) in [5.41, 5.74) is 4.98. The van der Waals surface area contributed by atoms with E-state index in [1.807, 2.05) is 48.5 Å². The number of nitrogens with one attached hydrogen (secondary N) is 3. The van der Waals surface area contributed by atoms with E-state index in [0.717, 1.165) is 22.3 Å². The van der Waals surface area contributed by atoms with Gasteiger partial charge in [-0.05, 0) is 22.3 Å². The van der Waals surface area contributed by atoms with Crippen molar-refractivity contribution in [2.24, 2.45) is 0 Å². The number of alkyl carbamates (subject to hydrolysis) is 1. The van der Waals surface area contributed by atoms with Crippen molar-refractivity contribution in [2.75, 3.05) is 20.3 Å². The van der Waals surface area contributed by atoms with Gasteiger partial charge in [-0.2, -0.15) is 0 Å². The van der Waals surface area contributed by atoms with E-state index in [1.54, 1.807) is 0 Å². The predicted octanol–water partition coefficient (Wildman–Crippen LogP) is 2.08. The van der Waals surface area contributed by atoms with E-state index in [9.17, 15) is 19.5 Å². The van der Waals surface area contributed by atoms with E-state index >= 15 is 0 Å². The first-order chi connectivity index (χ1) is 17.0. The number of aromatic nitrogens is 2. The second kappa shape index (κ2) is 10.8. The number of benzene rings is 2. The summed E-state index contributed by atoms with van der Waals surface area (Å²) in [7, 11) is 1.30. The molecular formula is C25H26N4O6. The Morgan fingerprint density at radius 1 is 1.09 bits per heavy atom. The molecule has 1 aliphatic rings. The first kappa shape index (κ1) is 24.0. The highest BCUT2D eigenvalue weighted by molar-refractivity contribution is 5.87. The summed E-state index contributed by atoms with van der Waals surface area (Å²) in [6, 6.07) is 14.8. The number of imidazole rings is 1. The molecule has 0 spiro atoms. The van der Waals surface area contributed by atoms with Crippen LogP contribution < -0.4 is 10.6 Å². The monoisotopic (exact) mass is 478 g/mol. The third-order valence-corrected chi connectivity index (χ3v) is 5.95. The molecule has 2 atom stereocenters. The third kappa shape index (κ3) is 5.49. The minimum atomic E-state index is -1.20. The highest BCUT2D eigenvalue weighted by atomic mass is 16.5. The van der Waals surface area contributed by atoms with Crippen LogP contribution >= 0.6 is 0 Å². The molecule has 35 heavy (non-hydrogen) atoms. The standard InChI is InChI=1S/C25H26N4O6/c1-34-22(23(30)29-21(24(31)32)10-15-11-26-14-28-15)12-27-25(33)35-13-20-18-8-4-2-6-16(18)17-7-3-5-9-19(17)20/h2-9,11,14,20-22H,10,12-13H2,1H3,(H,26,28)(H,27,33)(H,29,30)(H,31,32)/t21-,22?/m1/s1. The fourth-order valence-electron chi connectivity index (χ4n) is 4.19. The molecule has 4 N–H and O–H groups in total. The van der Waals surface area contributed by atoms with Gasteiger partial charge in [0.25, 0.3) is 5.91 Å². The maximum absolute atomic E-state index is 12.6. The molecule has 0 fully saturated rings. The minimum Gasteiger partial charge on any atom is -0.480 e. The number of methoxy groups -OCH3 is 1. The van der Waals surface area contributed by atoms with Crippen LogP contribution in [0.3, 0.4) is 0 Å². The molecule has 1 aliphatic carbocycles. The van der Waals surface area contributed by atoms with Crippen molar-refractivity contribution in [1.29, 1.82) is 0 Å². The van der Waals surface area contributed by atoms with Gasteiger partial charge in [0.2, 0.25) is 0 Å². The van der Waals surface area contributed by atoms with Gasteiger partial charge in [-0.3, -0.25) is 4.79 Å². The van der Waals surface area contributed by atoms with Crippen LogP contribution in [0.1, 0.15) is 22.7 Å². The van der Waals surface area contributed by atoms with E-state index in [-0.39, 0.29) is 25.5 Å². The highest BCUT2D eigenvalue weighted by Crippen LogP contribution is 2.44. The van der Waals surface area contributed by atoms with Gasteiger partial charge in [0.15, 0.2) is 6.10 Å². The molecule has 1 aromatic heterocycles. The third-order valence-electron chi connectivity index (χ3n) is 5.95. The smallest absolute Gasteiger partial charge is 0.407 e. The molecule has 1 heterocycles. The van der Waals surface area contributed by atoms with E-state index in [4.69, 9.17) is 9.47 Å². The normalized spacial score (nSPS) is 13.9. The van der Waals surface area contributed by atoms with Gasteiger partial charge in [-0.15, -0.1) is 0 Å². The molecule has 10 nitrogen and oxygen atoms in total. The van der Waals surface area contributed by atoms with Crippen LogP contribution in [0.25, 0.3) is 11.1 Å². The van der Waals surface area contributed by atoms with Crippen LogP contribution in [-0.4, -0.2) is 65.5 Å². The number of aliphatic carboxylic acids is 1. The molecule has 4 rings (SSSR count). The second-order valence-corrected chi connectivity index (χ2v) is 8.11. The lowest BCUT2D eigenvalue weighted by molar-refractivity contribution is -0.143. The zero-order chi connectivity index (χ0) is 24.8. The number of hydrogen-bond donors (Lipinski definition) is 4. The van der Waals surface area contributed by atoms with E-state index in [0.29, 0.717) is 5.69 Å². The SMILES string of the molecule is COC(CNC(=O)OCC1c2ccccc2-c2ccccc21)C(=O)N[C@H](Cc1cnc[nH]1)C(=O)O. The number of H-pyrrole nitrogens is 1. The summed E-state index contributed by atoms with van der Waals surface area (Å²) in [5, 5.41) is 14.4. The van der Waals surface area contributed by atoms with Crippen molar-refractivity contribution < 1.29 is 29.0 Å². The number of carboxylic acid groups (broad SMARTS) is 1. The lowest BCUT2D eigenvalue weighted by Crippen LogP contribution is -2.50. The molecule has 1 unspecified atom stereocenters. The van der Waals surface area contributed by atoms with Crippen molar-refractivity contribution in [3.8, 4) is 11.1 Å². The summed E-state index contributed by atoms with van der Waals surface area (Å²) >= 11 is 0. The van der Waals surface area contributed by atoms with Crippen molar-refractivity contribution in [3.63, 3.8) is 0 Å². The number of rotatable bonds is 10. The van der Waals surface area contributed by atoms with Crippen LogP contribution in [0.5, 0.6) is 0 Å². The topological polar surface area (TPSA) is 143 Å². The maximum Gasteiger partial charge on any atom is 0.407 e. The average molecular weight is 479 g/mol. The molecule has 3 aromatic rings. The Morgan fingerprint density at radius 3 is 2.31 bits per heavy atom. The largest absolute Gasteiger partial charge is 0.480 e. The number of carboxylic acids is 1. The number of ether oxygens (including phenoxy) is 2. The summed E-state index contributed by atoms with van der Waals surface area (Å²) < 4.78 is 10.6. The van der Waals surface area contributed by atoms with Gasteiger partial charge in [0, 0.05) is 31.3 Å². The summed E-state index contributed by atoms with van der Waals surface area (Å²) in [4.78, 5) is 43.1. The molecule has 0 bridgehead atoms. The van der Waals surface area contributed by atoms with Crippen molar-refractivity contribution in [1.82, 2.24) is 20.6 Å². The fraction of sp³-hybridized carbons (Fsp3) is 0.280. The minimum absolute atomic E-state index is 0.0251. The fourth-order valence-corrected chi connectivity index (χ4v) is 4.19. The Kier molecular flexibility index (Phi) is 7.41. The second-order valence-electron chi connectivity index (χ2n) is 8.11. The zero-order valence-corrected chi connectivity index (χ0v) is 19.1. The lowest BCUT2D eigenvalue weighted by atomic mass is 9.98. The predicted molar refractivity (Wildman–Crippen MR) is 126 cm³/mol. The number of carbonyl (C=O) groups excluding carboxylic acids is 2. The van der Waals surface area contributed by atoms with E-state index in [1.165, 1.54) is 19.6 Å².